The molecule has 0 unspecified atom stereocenters. The number of ether oxygens (including phenoxy) is 1. The molecule has 0 aliphatic rings. The Balaban J connectivity index is 2.20. The molecular formula is C16H13ClINO3. The van der Waals surface area contributed by atoms with Gasteiger partial charge < -0.3 is 9.84 Å². The van der Waals surface area contributed by atoms with Gasteiger partial charge in [-0.1, -0.05) is 11.6 Å². The van der Waals surface area contributed by atoms with Crippen LogP contribution in [0.1, 0.15) is 22.8 Å². The van der Waals surface area contributed by atoms with Crippen molar-refractivity contribution in [3.8, 4) is 5.75 Å². The number of aromatic carboxylic acids is 1. The first-order valence-electron chi connectivity index (χ1n) is 6.50. The smallest absolute Gasteiger partial charge is 0.337 e. The lowest BCUT2D eigenvalue weighted by atomic mass is 10.2. The highest BCUT2D eigenvalue weighted by atomic mass is 127. The number of hydrogen-bond acceptors (Lipinski definition) is 3. The molecule has 0 aromatic heterocycles. The molecular weight excluding hydrogens is 417 g/mol. The minimum absolute atomic E-state index is 0.0660. The van der Waals surface area contributed by atoms with E-state index in [2.05, 4.69) is 27.6 Å². The van der Waals surface area contributed by atoms with Crippen LogP contribution in [-0.4, -0.2) is 23.9 Å². The molecule has 1 N–H and O–H groups in total. The van der Waals surface area contributed by atoms with E-state index < -0.39 is 5.97 Å². The predicted molar refractivity (Wildman–Crippen MR) is 96.0 cm³/mol. The van der Waals surface area contributed by atoms with Gasteiger partial charge in [0.05, 0.1) is 26.5 Å². The average molecular weight is 430 g/mol. The summed E-state index contributed by atoms with van der Waals surface area (Å²) in [6.45, 7) is 2.56. The third-order valence-corrected chi connectivity index (χ3v) is 3.96. The molecule has 0 aliphatic heterocycles. The lowest BCUT2D eigenvalue weighted by molar-refractivity contribution is 0.0697. The lowest BCUT2D eigenvalue weighted by Crippen LogP contribution is -1.96. The number of carboxylic acid groups (broad SMARTS) is 1. The average Bonchev–Trinajstić information content (AvgIpc) is 2.47. The maximum absolute atomic E-state index is 10.9. The molecule has 2 aromatic carbocycles. The first-order chi connectivity index (χ1) is 10.5. The second-order valence-electron chi connectivity index (χ2n) is 4.35. The summed E-state index contributed by atoms with van der Waals surface area (Å²) < 4.78 is 6.48. The molecule has 0 amide bonds. The lowest BCUT2D eigenvalue weighted by Gasteiger charge is -2.06. The van der Waals surface area contributed by atoms with E-state index in [9.17, 15) is 4.79 Å². The number of carbonyl (C=O) groups is 1. The van der Waals surface area contributed by atoms with Gasteiger partial charge in [0.1, 0.15) is 5.75 Å². The van der Waals surface area contributed by atoms with Gasteiger partial charge in [0.2, 0.25) is 0 Å². The van der Waals surface area contributed by atoms with Crippen LogP contribution in [-0.2, 0) is 0 Å². The van der Waals surface area contributed by atoms with Crippen molar-refractivity contribution >= 4 is 52.1 Å². The Morgan fingerprint density at radius 1 is 1.36 bits per heavy atom. The molecule has 0 atom stereocenters. The van der Waals surface area contributed by atoms with Crippen LogP contribution in [0.3, 0.4) is 0 Å². The maximum atomic E-state index is 10.9. The van der Waals surface area contributed by atoms with Crippen molar-refractivity contribution in [2.45, 2.75) is 6.92 Å². The van der Waals surface area contributed by atoms with Gasteiger partial charge in [0.15, 0.2) is 0 Å². The van der Waals surface area contributed by atoms with Gasteiger partial charge in [0, 0.05) is 6.21 Å². The maximum Gasteiger partial charge on any atom is 0.337 e. The quantitative estimate of drug-likeness (QED) is 0.549. The van der Waals surface area contributed by atoms with Crippen molar-refractivity contribution in [2.75, 3.05) is 6.61 Å². The van der Waals surface area contributed by atoms with Crippen molar-refractivity contribution in [2.24, 2.45) is 4.99 Å². The minimum atomic E-state index is -1.05. The number of aliphatic imine (C=N–C) groups is 1. The summed E-state index contributed by atoms with van der Waals surface area (Å²) >= 11 is 8.12. The molecule has 0 radical (unpaired) electrons. The Labute approximate surface area is 146 Å². The monoisotopic (exact) mass is 429 g/mol. The van der Waals surface area contributed by atoms with E-state index in [0.29, 0.717) is 12.3 Å². The molecule has 4 nitrogen and oxygen atoms in total. The standard InChI is InChI=1S/C16H13ClINO3/c1-2-22-15-6-3-10(7-14(15)18)9-19-11-4-5-12(16(20)21)13(17)8-11/h3-9H,2H2,1H3,(H,20,21). The van der Waals surface area contributed by atoms with Gasteiger partial charge in [-0.25, -0.2) is 4.79 Å². The van der Waals surface area contributed by atoms with Gasteiger partial charge in [0.25, 0.3) is 0 Å². The summed E-state index contributed by atoms with van der Waals surface area (Å²) in [4.78, 5) is 15.2. The summed E-state index contributed by atoms with van der Waals surface area (Å²) in [6, 6.07) is 10.4. The Bertz CT molecular complexity index is 731. The van der Waals surface area contributed by atoms with Crippen LogP contribution >= 0.6 is 34.2 Å². The van der Waals surface area contributed by atoms with Crippen LogP contribution in [0.25, 0.3) is 0 Å². The van der Waals surface area contributed by atoms with Gasteiger partial charge in [-0.3, -0.25) is 4.99 Å². The zero-order chi connectivity index (χ0) is 16.1. The number of benzene rings is 2. The van der Waals surface area contributed by atoms with Gasteiger partial charge >= 0.3 is 5.97 Å². The van der Waals surface area contributed by atoms with Crippen LogP contribution in [0, 0.1) is 3.57 Å². The SMILES string of the molecule is CCOc1ccc(C=Nc2ccc(C(=O)O)c(Cl)c2)cc1I. The van der Waals surface area contributed by atoms with Crippen LogP contribution in [0.2, 0.25) is 5.02 Å². The Kier molecular flexibility index (Phi) is 5.79. The van der Waals surface area contributed by atoms with E-state index in [1.54, 1.807) is 12.3 Å². The molecule has 114 valence electrons. The zero-order valence-corrected chi connectivity index (χ0v) is 14.6. The molecule has 0 heterocycles. The molecule has 22 heavy (non-hydrogen) atoms. The molecule has 0 spiro atoms. The first kappa shape index (κ1) is 16.8. The Hall–Kier alpha value is -1.60. The van der Waals surface area contributed by atoms with Crippen molar-refractivity contribution in [1.29, 1.82) is 0 Å². The van der Waals surface area contributed by atoms with E-state index in [1.165, 1.54) is 12.1 Å². The number of carboxylic acids is 1. The summed E-state index contributed by atoms with van der Waals surface area (Å²) in [5.41, 5.74) is 1.58. The molecule has 0 saturated heterocycles. The fourth-order valence-corrected chi connectivity index (χ4v) is 2.73. The van der Waals surface area contributed by atoms with E-state index >= 15 is 0 Å². The van der Waals surface area contributed by atoms with Gasteiger partial charge in [-0.15, -0.1) is 0 Å². The van der Waals surface area contributed by atoms with Gasteiger partial charge in [-0.05, 0) is 71.5 Å². The molecule has 0 aliphatic carbocycles. The third kappa shape index (κ3) is 4.20. The summed E-state index contributed by atoms with van der Waals surface area (Å²) in [5.74, 6) is -0.212. The highest BCUT2D eigenvalue weighted by Gasteiger charge is 2.08. The summed E-state index contributed by atoms with van der Waals surface area (Å²) in [6.07, 6.45) is 1.70. The number of nitrogens with zero attached hydrogens (tertiary/aromatic N) is 1. The van der Waals surface area contributed by atoms with E-state index in [-0.39, 0.29) is 10.6 Å². The predicted octanol–water partition coefficient (Wildman–Crippen LogP) is 4.79. The van der Waals surface area contributed by atoms with Crippen molar-refractivity contribution in [1.82, 2.24) is 0 Å². The van der Waals surface area contributed by atoms with Gasteiger partial charge in [-0.2, -0.15) is 0 Å². The number of halogens is 2. The second-order valence-corrected chi connectivity index (χ2v) is 5.92. The van der Waals surface area contributed by atoms with Crippen LogP contribution in [0.5, 0.6) is 5.75 Å². The van der Waals surface area contributed by atoms with Crippen molar-refractivity contribution in [3.63, 3.8) is 0 Å². The Morgan fingerprint density at radius 2 is 2.14 bits per heavy atom. The van der Waals surface area contributed by atoms with Crippen LogP contribution in [0.4, 0.5) is 5.69 Å². The zero-order valence-electron chi connectivity index (χ0n) is 11.7. The third-order valence-electron chi connectivity index (χ3n) is 2.80. The highest BCUT2D eigenvalue weighted by molar-refractivity contribution is 14.1. The van der Waals surface area contributed by atoms with E-state index in [1.807, 2.05) is 25.1 Å². The first-order valence-corrected chi connectivity index (χ1v) is 7.96. The topological polar surface area (TPSA) is 58.9 Å². The molecule has 0 saturated carbocycles. The van der Waals surface area contributed by atoms with Crippen LogP contribution < -0.4 is 4.74 Å². The highest BCUT2D eigenvalue weighted by Crippen LogP contribution is 2.24. The minimum Gasteiger partial charge on any atom is -0.493 e. The largest absolute Gasteiger partial charge is 0.493 e. The second kappa shape index (κ2) is 7.60. The van der Waals surface area contributed by atoms with E-state index in [4.69, 9.17) is 21.4 Å². The Morgan fingerprint density at radius 3 is 2.73 bits per heavy atom. The normalized spacial score (nSPS) is 10.9. The van der Waals surface area contributed by atoms with Crippen LogP contribution in [0.15, 0.2) is 41.4 Å². The molecule has 2 rings (SSSR count). The summed E-state index contributed by atoms with van der Waals surface area (Å²) in [7, 11) is 0. The van der Waals surface area contributed by atoms with Crippen molar-refractivity contribution in [3.05, 3.63) is 56.1 Å². The fraction of sp³-hybridized carbons (Fsp3) is 0.125. The number of rotatable bonds is 5. The van der Waals surface area contributed by atoms with E-state index in [0.717, 1.165) is 14.9 Å². The fourth-order valence-electron chi connectivity index (χ4n) is 1.78. The molecule has 0 fully saturated rings. The number of hydrogen-bond donors (Lipinski definition) is 1. The molecule has 2 aromatic rings. The van der Waals surface area contributed by atoms with Crippen molar-refractivity contribution < 1.29 is 14.6 Å². The molecule has 0 bridgehead atoms. The summed E-state index contributed by atoms with van der Waals surface area (Å²) in [5, 5.41) is 9.10. The molecule has 6 heteroatoms.